The second-order valence-corrected chi connectivity index (χ2v) is 5.72. The van der Waals surface area contributed by atoms with Crippen LogP contribution in [0, 0.1) is 5.92 Å². The highest BCUT2D eigenvalue weighted by atomic mass is 16.6. The average Bonchev–Trinajstić information content (AvgIpc) is 2.89. The summed E-state index contributed by atoms with van der Waals surface area (Å²) in [7, 11) is 4.27. The van der Waals surface area contributed by atoms with Gasteiger partial charge in [0.15, 0.2) is 11.5 Å². The van der Waals surface area contributed by atoms with Crippen LogP contribution in [0.4, 0.5) is 0 Å². The first-order valence-corrected chi connectivity index (χ1v) is 7.38. The molecule has 2 aliphatic rings. The number of aliphatic hydroxyl groups excluding tert-OH is 1. The molecule has 7 nitrogen and oxygen atoms in total. The van der Waals surface area contributed by atoms with E-state index < -0.39 is 29.2 Å². The number of Topliss-reactive ketones (excluding diaryl/α,β-unsaturated/α-hetero) is 1. The molecule has 1 N–H and O–H groups in total. The van der Waals surface area contributed by atoms with Crippen LogP contribution in [-0.2, 0) is 9.53 Å². The molecule has 24 heavy (non-hydrogen) atoms. The number of carbonyl (C=O) groups is 2. The highest BCUT2D eigenvalue weighted by molar-refractivity contribution is 6.14. The largest absolute Gasteiger partial charge is 0.496 e. The van der Waals surface area contributed by atoms with Crippen LogP contribution in [0.25, 0.3) is 0 Å². The lowest BCUT2D eigenvalue weighted by Gasteiger charge is -2.38. The van der Waals surface area contributed by atoms with Crippen molar-refractivity contribution in [3.05, 3.63) is 29.5 Å². The third-order valence-corrected chi connectivity index (χ3v) is 4.60. The van der Waals surface area contributed by atoms with E-state index in [1.54, 1.807) is 19.1 Å². The summed E-state index contributed by atoms with van der Waals surface area (Å²) in [5, 5.41) is 10.2. The van der Waals surface area contributed by atoms with Gasteiger partial charge in [-0.05, 0) is 0 Å². The van der Waals surface area contributed by atoms with Crippen LogP contribution < -0.4 is 14.2 Å². The molecule has 1 aliphatic heterocycles. The third-order valence-electron chi connectivity index (χ3n) is 4.60. The maximum absolute atomic E-state index is 13.2. The van der Waals surface area contributed by atoms with E-state index in [1.165, 1.54) is 21.3 Å². The standard InChI is InChI=1S/C17H18O7/c1-8-15(19)10(18)7-13(23-4)17(8)16(20)14-11(22-3)5-9(21-2)6-12(14)24-17/h5-8,15,19H,1-4H3/t8-,15-,17+/m1/s1. The number of ether oxygens (including phenoxy) is 4. The predicted octanol–water partition coefficient (Wildman–Crippen LogP) is 1.13. The molecule has 0 saturated heterocycles. The summed E-state index contributed by atoms with van der Waals surface area (Å²) in [4.78, 5) is 25.1. The summed E-state index contributed by atoms with van der Waals surface area (Å²) >= 11 is 0. The molecule has 0 amide bonds. The van der Waals surface area contributed by atoms with Crippen LogP contribution in [0.5, 0.6) is 17.2 Å². The molecule has 1 spiro atoms. The molecule has 0 aromatic heterocycles. The van der Waals surface area contributed by atoms with Gasteiger partial charge in [-0.25, -0.2) is 0 Å². The van der Waals surface area contributed by atoms with Gasteiger partial charge in [-0.15, -0.1) is 0 Å². The molecule has 0 fully saturated rings. The maximum Gasteiger partial charge on any atom is 0.233 e. The fourth-order valence-electron chi connectivity index (χ4n) is 3.24. The van der Waals surface area contributed by atoms with E-state index in [1.807, 2.05) is 0 Å². The lowest BCUT2D eigenvalue weighted by Crippen LogP contribution is -2.57. The number of hydrogen-bond donors (Lipinski definition) is 1. The average molecular weight is 334 g/mol. The van der Waals surface area contributed by atoms with Gasteiger partial charge in [0.05, 0.1) is 21.3 Å². The quantitative estimate of drug-likeness (QED) is 0.886. The summed E-state index contributed by atoms with van der Waals surface area (Å²) < 4.78 is 21.7. The van der Waals surface area contributed by atoms with E-state index in [2.05, 4.69) is 0 Å². The van der Waals surface area contributed by atoms with E-state index in [0.717, 1.165) is 6.08 Å². The van der Waals surface area contributed by atoms with Gasteiger partial charge in [0, 0.05) is 24.1 Å². The lowest BCUT2D eigenvalue weighted by molar-refractivity contribution is -0.131. The zero-order chi connectivity index (χ0) is 17.6. The van der Waals surface area contributed by atoms with Crippen molar-refractivity contribution in [1.29, 1.82) is 0 Å². The molecule has 1 aromatic carbocycles. The van der Waals surface area contributed by atoms with Crippen molar-refractivity contribution in [1.82, 2.24) is 0 Å². The van der Waals surface area contributed by atoms with Crippen molar-refractivity contribution in [2.75, 3.05) is 21.3 Å². The Bertz CT molecular complexity index is 752. The fraction of sp³-hybridized carbons (Fsp3) is 0.412. The minimum Gasteiger partial charge on any atom is -0.496 e. The van der Waals surface area contributed by atoms with Crippen LogP contribution in [0.3, 0.4) is 0 Å². The second-order valence-electron chi connectivity index (χ2n) is 5.72. The Morgan fingerprint density at radius 2 is 1.83 bits per heavy atom. The van der Waals surface area contributed by atoms with E-state index in [-0.39, 0.29) is 17.1 Å². The molecule has 0 radical (unpaired) electrons. The summed E-state index contributed by atoms with van der Waals surface area (Å²) in [6.45, 7) is 1.57. The van der Waals surface area contributed by atoms with E-state index in [9.17, 15) is 14.7 Å². The Morgan fingerprint density at radius 1 is 1.12 bits per heavy atom. The summed E-state index contributed by atoms with van der Waals surface area (Å²) in [6, 6.07) is 3.14. The first kappa shape index (κ1) is 16.3. The van der Waals surface area contributed by atoms with Crippen molar-refractivity contribution < 1.29 is 33.6 Å². The van der Waals surface area contributed by atoms with Gasteiger partial charge in [0.1, 0.15) is 28.9 Å². The SMILES string of the molecule is COC1=CC(=O)[C@H](O)[C@@H](C)[C@]12Oc1cc(OC)cc(OC)c1C2=O. The fourth-order valence-corrected chi connectivity index (χ4v) is 3.24. The second kappa shape index (κ2) is 5.52. The van der Waals surface area contributed by atoms with Crippen molar-refractivity contribution in [2.24, 2.45) is 5.92 Å². The minimum absolute atomic E-state index is 0.0625. The van der Waals surface area contributed by atoms with Gasteiger partial charge < -0.3 is 24.1 Å². The van der Waals surface area contributed by atoms with E-state index in [4.69, 9.17) is 18.9 Å². The zero-order valence-electron chi connectivity index (χ0n) is 13.8. The smallest absolute Gasteiger partial charge is 0.233 e. The molecule has 3 rings (SSSR count). The predicted molar refractivity (Wildman–Crippen MR) is 82.5 cm³/mol. The molecule has 1 heterocycles. The Kier molecular flexibility index (Phi) is 3.76. The molecule has 3 atom stereocenters. The molecular weight excluding hydrogens is 316 g/mol. The minimum atomic E-state index is -1.61. The number of fused-ring (bicyclic) bond motifs is 1. The van der Waals surface area contributed by atoms with Crippen molar-refractivity contribution in [2.45, 2.75) is 18.6 Å². The van der Waals surface area contributed by atoms with Gasteiger partial charge in [0.2, 0.25) is 11.4 Å². The van der Waals surface area contributed by atoms with E-state index in [0.29, 0.717) is 11.5 Å². The first-order chi connectivity index (χ1) is 11.4. The van der Waals surface area contributed by atoms with Gasteiger partial charge in [-0.2, -0.15) is 0 Å². The Morgan fingerprint density at radius 3 is 2.42 bits per heavy atom. The van der Waals surface area contributed by atoms with Gasteiger partial charge in [-0.3, -0.25) is 9.59 Å². The van der Waals surface area contributed by atoms with Gasteiger partial charge in [-0.1, -0.05) is 6.92 Å². The monoisotopic (exact) mass is 334 g/mol. The Hall–Kier alpha value is -2.54. The summed E-state index contributed by atoms with van der Waals surface area (Å²) in [6.07, 6.45) is -0.256. The summed E-state index contributed by atoms with van der Waals surface area (Å²) in [5.41, 5.74) is -1.38. The molecule has 0 unspecified atom stereocenters. The topological polar surface area (TPSA) is 91.3 Å². The van der Waals surface area contributed by atoms with Crippen molar-refractivity contribution >= 4 is 11.6 Å². The van der Waals surface area contributed by atoms with Crippen LogP contribution in [-0.4, -0.2) is 49.7 Å². The van der Waals surface area contributed by atoms with E-state index >= 15 is 0 Å². The number of ketones is 2. The first-order valence-electron chi connectivity index (χ1n) is 7.38. The zero-order valence-corrected chi connectivity index (χ0v) is 13.8. The van der Waals surface area contributed by atoms with Crippen LogP contribution in [0.15, 0.2) is 24.0 Å². The Balaban J connectivity index is 2.22. The van der Waals surface area contributed by atoms with Crippen LogP contribution >= 0.6 is 0 Å². The Labute approximate surface area is 138 Å². The van der Waals surface area contributed by atoms with Crippen LogP contribution in [0.1, 0.15) is 17.3 Å². The molecular formula is C17H18O7. The van der Waals surface area contributed by atoms with Gasteiger partial charge >= 0.3 is 0 Å². The molecule has 1 aromatic rings. The molecule has 1 aliphatic carbocycles. The highest BCUT2D eigenvalue weighted by Crippen LogP contribution is 2.50. The summed E-state index contributed by atoms with van der Waals surface area (Å²) in [5.74, 6) is -0.717. The highest BCUT2D eigenvalue weighted by Gasteiger charge is 2.61. The van der Waals surface area contributed by atoms with Crippen LogP contribution in [0.2, 0.25) is 0 Å². The molecule has 0 saturated carbocycles. The van der Waals surface area contributed by atoms with Crippen molar-refractivity contribution in [3.63, 3.8) is 0 Å². The molecule has 0 bridgehead atoms. The number of carbonyl (C=O) groups excluding carboxylic acids is 2. The number of rotatable bonds is 3. The lowest BCUT2D eigenvalue weighted by atomic mass is 9.74. The number of hydrogen-bond acceptors (Lipinski definition) is 7. The van der Waals surface area contributed by atoms with Gasteiger partial charge in [0.25, 0.3) is 0 Å². The normalized spacial score (nSPS) is 28.3. The number of methoxy groups -OCH3 is 3. The maximum atomic E-state index is 13.2. The number of benzene rings is 1. The van der Waals surface area contributed by atoms with Crippen molar-refractivity contribution in [3.8, 4) is 17.2 Å². The molecule has 7 heteroatoms. The number of aliphatic hydroxyl groups is 1. The third kappa shape index (κ3) is 1.94. The molecule has 128 valence electrons.